The number of hydrogen-bond acceptors (Lipinski definition) is 5. The molecule has 0 saturated heterocycles. The van der Waals surface area contributed by atoms with E-state index in [1.54, 1.807) is 24.3 Å². The van der Waals surface area contributed by atoms with Gasteiger partial charge in [0.15, 0.2) is 0 Å². The van der Waals surface area contributed by atoms with E-state index >= 15 is 0 Å². The molecule has 0 spiro atoms. The lowest BCUT2D eigenvalue weighted by Crippen LogP contribution is -2.46. The molecule has 1 N–H and O–H groups in total. The van der Waals surface area contributed by atoms with Crippen molar-refractivity contribution in [3.63, 3.8) is 0 Å². The van der Waals surface area contributed by atoms with E-state index in [4.69, 9.17) is 4.74 Å². The van der Waals surface area contributed by atoms with Gasteiger partial charge in [-0.05, 0) is 55.8 Å². The summed E-state index contributed by atoms with van der Waals surface area (Å²) >= 11 is 3.36. The maximum atomic E-state index is 12.5. The van der Waals surface area contributed by atoms with Crippen LogP contribution >= 0.6 is 15.9 Å². The Morgan fingerprint density at radius 3 is 2.54 bits per heavy atom. The molecule has 0 radical (unpaired) electrons. The summed E-state index contributed by atoms with van der Waals surface area (Å²) in [5.74, 6) is 0.0704. The molecule has 28 heavy (non-hydrogen) atoms. The number of ether oxygens (including phenoxy) is 1. The van der Waals surface area contributed by atoms with Crippen LogP contribution < -0.4 is 14.5 Å². The fraction of sp³-hybridized carbons (Fsp3) is 0.263. The van der Waals surface area contributed by atoms with Crippen LogP contribution in [0.25, 0.3) is 0 Å². The number of amides is 1. The Balaban J connectivity index is 2.15. The van der Waals surface area contributed by atoms with Crippen LogP contribution in [0.5, 0.6) is 5.75 Å². The molecule has 0 fully saturated rings. The monoisotopic (exact) mass is 467 g/mol. The van der Waals surface area contributed by atoms with Gasteiger partial charge in [0.25, 0.3) is 5.91 Å². The van der Waals surface area contributed by atoms with Gasteiger partial charge in [-0.25, -0.2) is 13.8 Å². The smallest absolute Gasteiger partial charge is 0.263 e. The number of nitrogens with one attached hydrogen (secondary N) is 1. The second-order valence-corrected chi connectivity index (χ2v) is 8.73. The highest BCUT2D eigenvalue weighted by atomic mass is 79.9. The van der Waals surface area contributed by atoms with Crippen molar-refractivity contribution in [3.05, 3.63) is 58.6 Å². The van der Waals surface area contributed by atoms with Crippen molar-refractivity contribution in [2.75, 3.05) is 17.2 Å². The second-order valence-electron chi connectivity index (χ2n) is 5.95. The molecule has 2 aromatic rings. The summed E-state index contributed by atoms with van der Waals surface area (Å²) in [6.45, 7) is 3.86. The summed E-state index contributed by atoms with van der Waals surface area (Å²) in [6.07, 6.45) is 2.54. The van der Waals surface area contributed by atoms with Crippen LogP contribution in [0.4, 0.5) is 5.69 Å². The number of anilines is 1. The molecule has 1 amide bonds. The molecular formula is C19H22BrN3O4S. The highest BCUT2D eigenvalue weighted by Crippen LogP contribution is 2.24. The Morgan fingerprint density at radius 2 is 1.96 bits per heavy atom. The first-order valence-corrected chi connectivity index (χ1v) is 11.2. The fourth-order valence-corrected chi connectivity index (χ4v) is 4.11. The minimum absolute atomic E-state index is 0.365. The summed E-state index contributed by atoms with van der Waals surface area (Å²) in [4.78, 5) is 12.5. The van der Waals surface area contributed by atoms with Crippen molar-refractivity contribution >= 4 is 43.8 Å². The Labute approximate surface area is 173 Å². The maximum Gasteiger partial charge on any atom is 0.263 e. The average molecular weight is 468 g/mol. The van der Waals surface area contributed by atoms with Gasteiger partial charge >= 0.3 is 0 Å². The normalized spacial score (nSPS) is 12.6. The minimum atomic E-state index is -3.70. The lowest BCUT2D eigenvalue weighted by molar-refractivity contribution is -0.121. The molecule has 2 rings (SSSR count). The zero-order valence-corrected chi connectivity index (χ0v) is 18.2. The van der Waals surface area contributed by atoms with E-state index in [1.165, 1.54) is 13.1 Å². The van der Waals surface area contributed by atoms with Crippen molar-refractivity contribution in [3.8, 4) is 5.75 Å². The molecule has 7 nitrogen and oxygen atoms in total. The predicted molar refractivity (Wildman–Crippen MR) is 114 cm³/mol. The van der Waals surface area contributed by atoms with Gasteiger partial charge in [-0.2, -0.15) is 5.10 Å². The van der Waals surface area contributed by atoms with Gasteiger partial charge in [-0.1, -0.05) is 28.1 Å². The maximum absolute atomic E-state index is 12.5. The molecule has 1 atom stereocenters. The largest absolute Gasteiger partial charge is 0.494 e. The number of sulfonamides is 1. The standard InChI is InChI=1S/C19H22BrN3O4S/c1-4-27-18-10-8-17(9-11-18)23(28(3,25)26)14(2)19(24)22-21-13-15-6-5-7-16(20)12-15/h5-14H,4H2,1-3H3,(H,22,24)/b21-13-/t14-/m0/s1. The molecule has 0 unspecified atom stereocenters. The Kier molecular flexibility index (Phi) is 7.59. The van der Waals surface area contributed by atoms with Crippen molar-refractivity contribution in [2.45, 2.75) is 19.9 Å². The molecule has 0 saturated carbocycles. The number of hydrogen-bond donors (Lipinski definition) is 1. The molecule has 0 heterocycles. The van der Waals surface area contributed by atoms with Gasteiger partial charge < -0.3 is 4.74 Å². The zero-order chi connectivity index (χ0) is 20.7. The van der Waals surface area contributed by atoms with Crippen LogP contribution in [0.3, 0.4) is 0 Å². The SMILES string of the molecule is CCOc1ccc(N([C@@H](C)C(=O)N/N=C\c2cccc(Br)c2)S(C)(=O)=O)cc1. The first-order valence-electron chi connectivity index (χ1n) is 8.53. The number of halogens is 1. The van der Waals surface area contributed by atoms with E-state index < -0.39 is 22.0 Å². The third kappa shape index (κ3) is 6.07. The molecule has 0 bridgehead atoms. The van der Waals surface area contributed by atoms with E-state index in [1.807, 2.05) is 31.2 Å². The van der Waals surface area contributed by atoms with Crippen molar-refractivity contribution < 1.29 is 17.9 Å². The lowest BCUT2D eigenvalue weighted by Gasteiger charge is -2.27. The minimum Gasteiger partial charge on any atom is -0.494 e. The first-order chi connectivity index (χ1) is 13.2. The van der Waals surface area contributed by atoms with Gasteiger partial charge in [0.2, 0.25) is 10.0 Å². The van der Waals surface area contributed by atoms with Crippen LogP contribution in [-0.2, 0) is 14.8 Å². The van der Waals surface area contributed by atoms with Crippen LogP contribution in [0, 0.1) is 0 Å². The molecule has 0 aliphatic carbocycles. The Hall–Kier alpha value is -2.39. The zero-order valence-electron chi connectivity index (χ0n) is 15.8. The van der Waals surface area contributed by atoms with Gasteiger partial charge in [0.1, 0.15) is 11.8 Å². The van der Waals surface area contributed by atoms with Crippen molar-refractivity contribution in [1.82, 2.24) is 5.43 Å². The Bertz CT molecular complexity index is 946. The van der Waals surface area contributed by atoms with Gasteiger partial charge in [-0.3, -0.25) is 9.10 Å². The van der Waals surface area contributed by atoms with Crippen LogP contribution in [-0.4, -0.2) is 39.4 Å². The van der Waals surface area contributed by atoms with Gasteiger partial charge in [-0.15, -0.1) is 0 Å². The molecule has 150 valence electrons. The quantitative estimate of drug-likeness (QED) is 0.476. The number of nitrogens with zero attached hydrogens (tertiary/aromatic N) is 2. The topological polar surface area (TPSA) is 88.1 Å². The number of benzene rings is 2. The summed E-state index contributed by atoms with van der Waals surface area (Å²) < 4.78 is 31.9. The molecule has 0 aliphatic rings. The third-order valence-electron chi connectivity index (χ3n) is 3.73. The van der Waals surface area contributed by atoms with Gasteiger partial charge in [0, 0.05) is 4.47 Å². The molecular weight excluding hydrogens is 446 g/mol. The number of rotatable bonds is 8. The van der Waals surface area contributed by atoms with E-state index in [0.29, 0.717) is 18.0 Å². The number of hydrazone groups is 1. The van der Waals surface area contributed by atoms with Crippen molar-refractivity contribution in [1.29, 1.82) is 0 Å². The predicted octanol–water partition coefficient (Wildman–Crippen LogP) is 3.15. The molecule has 0 aromatic heterocycles. The summed E-state index contributed by atoms with van der Waals surface area (Å²) in [5.41, 5.74) is 3.54. The van der Waals surface area contributed by atoms with E-state index in [9.17, 15) is 13.2 Å². The first kappa shape index (κ1) is 21.9. The summed E-state index contributed by atoms with van der Waals surface area (Å²) in [6, 6.07) is 12.9. The van der Waals surface area contributed by atoms with Crippen LogP contribution in [0.15, 0.2) is 58.1 Å². The van der Waals surface area contributed by atoms with Crippen LogP contribution in [0.2, 0.25) is 0 Å². The van der Waals surface area contributed by atoms with E-state index in [0.717, 1.165) is 20.6 Å². The van der Waals surface area contributed by atoms with Gasteiger partial charge in [0.05, 0.1) is 24.8 Å². The summed E-state index contributed by atoms with van der Waals surface area (Å²) in [7, 11) is -3.70. The highest BCUT2D eigenvalue weighted by molar-refractivity contribution is 9.10. The average Bonchev–Trinajstić information content (AvgIpc) is 2.62. The second kappa shape index (κ2) is 9.70. The molecule has 9 heteroatoms. The third-order valence-corrected chi connectivity index (χ3v) is 5.46. The lowest BCUT2D eigenvalue weighted by atomic mass is 10.2. The molecule has 2 aromatic carbocycles. The van der Waals surface area contributed by atoms with Crippen LogP contribution in [0.1, 0.15) is 19.4 Å². The van der Waals surface area contributed by atoms with Crippen molar-refractivity contribution in [2.24, 2.45) is 5.10 Å². The number of carbonyl (C=O) groups excluding carboxylic acids is 1. The Morgan fingerprint density at radius 1 is 1.29 bits per heavy atom. The fourth-order valence-electron chi connectivity index (χ4n) is 2.52. The molecule has 0 aliphatic heterocycles. The van der Waals surface area contributed by atoms with E-state index in [2.05, 4.69) is 26.5 Å². The summed E-state index contributed by atoms with van der Waals surface area (Å²) in [5, 5.41) is 3.91. The highest BCUT2D eigenvalue weighted by Gasteiger charge is 2.29. The van der Waals surface area contributed by atoms with E-state index in [-0.39, 0.29) is 0 Å². The number of carbonyl (C=O) groups is 1.